The number of nitrogens with one attached hydrogen (secondary N) is 1. The van der Waals surface area contributed by atoms with Gasteiger partial charge in [-0.3, -0.25) is 4.79 Å². The lowest BCUT2D eigenvalue weighted by Gasteiger charge is -2.35. The van der Waals surface area contributed by atoms with Gasteiger partial charge in [0.1, 0.15) is 0 Å². The molecule has 0 aromatic heterocycles. The lowest BCUT2D eigenvalue weighted by molar-refractivity contribution is -0.116. The normalized spacial score (nSPS) is 22.2. The predicted molar refractivity (Wildman–Crippen MR) is 109 cm³/mol. The fourth-order valence-corrected chi connectivity index (χ4v) is 4.40. The summed E-state index contributed by atoms with van der Waals surface area (Å²) >= 11 is 3.46. The van der Waals surface area contributed by atoms with E-state index in [-0.39, 0.29) is 17.6 Å². The summed E-state index contributed by atoms with van der Waals surface area (Å²) in [4.78, 5) is 13.2. The summed E-state index contributed by atoms with van der Waals surface area (Å²) in [7, 11) is 0. The number of benzene rings is 2. The van der Waals surface area contributed by atoms with Crippen molar-refractivity contribution < 1.29 is 4.79 Å². The maximum absolute atomic E-state index is 13.2. The molecule has 0 saturated heterocycles. The van der Waals surface area contributed by atoms with Crippen LogP contribution in [0.1, 0.15) is 42.7 Å². The second-order valence-electron chi connectivity index (χ2n) is 7.09. The Bertz CT molecular complexity index is 997. The highest BCUT2D eigenvalue weighted by Crippen LogP contribution is 2.45. The van der Waals surface area contributed by atoms with Crippen molar-refractivity contribution in [1.82, 2.24) is 5.32 Å². The van der Waals surface area contributed by atoms with Gasteiger partial charge in [-0.2, -0.15) is 5.26 Å². The number of dihydropyridines is 1. The van der Waals surface area contributed by atoms with Crippen LogP contribution < -0.4 is 5.32 Å². The van der Waals surface area contributed by atoms with E-state index < -0.39 is 0 Å². The van der Waals surface area contributed by atoms with Crippen LogP contribution in [-0.2, 0) is 4.79 Å². The Morgan fingerprint density at radius 3 is 2.41 bits per heavy atom. The highest BCUT2D eigenvalue weighted by molar-refractivity contribution is 9.10. The number of ketones is 1. The summed E-state index contributed by atoms with van der Waals surface area (Å²) in [6, 6.07) is 20.4. The fourth-order valence-electron chi connectivity index (χ4n) is 4.14. The number of carbonyl (C=O) groups is 1. The molecular formula is C23H19BrN2O. The first-order chi connectivity index (χ1) is 13.1. The molecule has 1 aliphatic heterocycles. The molecule has 0 bridgehead atoms. The molecule has 2 aromatic rings. The Morgan fingerprint density at radius 1 is 1.04 bits per heavy atom. The molecule has 0 fully saturated rings. The minimum atomic E-state index is -0.288. The third kappa shape index (κ3) is 3.24. The number of rotatable bonds is 2. The number of carbonyl (C=O) groups excluding carboxylic acids is 1. The van der Waals surface area contributed by atoms with Crippen LogP contribution in [0.25, 0.3) is 0 Å². The van der Waals surface area contributed by atoms with Crippen molar-refractivity contribution in [2.45, 2.75) is 31.6 Å². The van der Waals surface area contributed by atoms with E-state index in [1.165, 1.54) is 5.56 Å². The maximum Gasteiger partial charge on any atom is 0.162 e. The van der Waals surface area contributed by atoms with Crippen molar-refractivity contribution in [3.05, 3.63) is 92.7 Å². The van der Waals surface area contributed by atoms with Crippen molar-refractivity contribution in [2.75, 3.05) is 0 Å². The Labute approximate surface area is 167 Å². The SMILES string of the molecule is CC1=C(C#N)[C@@H](c2ccc(Br)cc2)C2=C(C[C@H](c3ccccc3)CC2=O)N1. The second kappa shape index (κ2) is 7.17. The molecule has 0 spiro atoms. The van der Waals surface area contributed by atoms with E-state index in [1.54, 1.807) is 0 Å². The highest BCUT2D eigenvalue weighted by atomic mass is 79.9. The van der Waals surface area contributed by atoms with E-state index in [0.29, 0.717) is 12.0 Å². The van der Waals surface area contributed by atoms with Crippen LogP contribution in [0.15, 0.2) is 81.6 Å². The van der Waals surface area contributed by atoms with Crippen LogP contribution >= 0.6 is 15.9 Å². The molecule has 1 N–H and O–H groups in total. The number of nitriles is 1. The summed E-state index contributed by atoms with van der Waals surface area (Å²) in [5.74, 6) is 0.0151. The summed E-state index contributed by atoms with van der Waals surface area (Å²) in [6.07, 6.45) is 1.27. The van der Waals surface area contributed by atoms with Crippen LogP contribution in [0.4, 0.5) is 0 Å². The first kappa shape index (κ1) is 17.8. The van der Waals surface area contributed by atoms with Gasteiger partial charge in [0.05, 0.1) is 17.6 Å². The monoisotopic (exact) mass is 418 g/mol. The van der Waals surface area contributed by atoms with Crippen molar-refractivity contribution in [3.8, 4) is 6.07 Å². The van der Waals surface area contributed by atoms with Gasteiger partial charge < -0.3 is 5.32 Å². The first-order valence-corrected chi connectivity index (χ1v) is 9.82. The molecule has 0 unspecified atom stereocenters. The van der Waals surface area contributed by atoms with Crippen molar-refractivity contribution >= 4 is 21.7 Å². The van der Waals surface area contributed by atoms with E-state index in [9.17, 15) is 10.1 Å². The third-order valence-corrected chi connectivity index (χ3v) is 5.95. The number of Topliss-reactive ketones (excluding diaryl/α,β-unsaturated/α-hetero) is 1. The van der Waals surface area contributed by atoms with Crippen LogP contribution in [0.3, 0.4) is 0 Å². The molecule has 1 aliphatic carbocycles. The van der Waals surface area contributed by atoms with E-state index in [0.717, 1.165) is 33.4 Å². The van der Waals surface area contributed by atoms with Crippen molar-refractivity contribution in [3.63, 3.8) is 0 Å². The number of hydrogen-bond donors (Lipinski definition) is 1. The zero-order valence-electron chi connectivity index (χ0n) is 15.0. The molecule has 1 heterocycles. The third-order valence-electron chi connectivity index (χ3n) is 5.42. The molecule has 27 heavy (non-hydrogen) atoms. The van der Waals surface area contributed by atoms with Gasteiger partial charge in [-0.15, -0.1) is 0 Å². The van der Waals surface area contributed by atoms with Gasteiger partial charge in [-0.05, 0) is 42.5 Å². The minimum absolute atomic E-state index is 0.130. The zero-order chi connectivity index (χ0) is 19.0. The zero-order valence-corrected chi connectivity index (χ0v) is 16.6. The van der Waals surface area contributed by atoms with Gasteiger partial charge in [0.25, 0.3) is 0 Å². The minimum Gasteiger partial charge on any atom is -0.361 e. The van der Waals surface area contributed by atoms with E-state index in [1.807, 2.05) is 49.4 Å². The van der Waals surface area contributed by atoms with Gasteiger partial charge in [0, 0.05) is 27.9 Å². The number of halogens is 1. The number of allylic oxidation sites excluding steroid dienone is 4. The number of nitrogens with zero attached hydrogens (tertiary/aromatic N) is 1. The van der Waals surface area contributed by atoms with E-state index in [4.69, 9.17) is 0 Å². The quantitative estimate of drug-likeness (QED) is 0.716. The molecule has 0 amide bonds. The molecule has 2 aromatic carbocycles. The first-order valence-electron chi connectivity index (χ1n) is 9.03. The van der Waals surface area contributed by atoms with Crippen molar-refractivity contribution in [1.29, 1.82) is 5.26 Å². The van der Waals surface area contributed by atoms with E-state index in [2.05, 4.69) is 39.4 Å². The fraction of sp³-hybridized carbons (Fsp3) is 0.217. The topological polar surface area (TPSA) is 52.9 Å². The summed E-state index contributed by atoms with van der Waals surface area (Å²) in [5.41, 5.74) is 5.35. The smallest absolute Gasteiger partial charge is 0.162 e. The Hall–Kier alpha value is -2.64. The summed E-state index contributed by atoms with van der Waals surface area (Å²) in [5, 5.41) is 13.1. The van der Waals surface area contributed by atoms with Gasteiger partial charge in [-0.1, -0.05) is 58.4 Å². The molecule has 0 radical (unpaired) electrons. The molecule has 2 aliphatic rings. The van der Waals surface area contributed by atoms with Crippen LogP contribution in [-0.4, -0.2) is 5.78 Å². The largest absolute Gasteiger partial charge is 0.361 e. The number of hydrogen-bond acceptors (Lipinski definition) is 3. The molecule has 134 valence electrons. The highest BCUT2D eigenvalue weighted by Gasteiger charge is 2.38. The average molecular weight is 419 g/mol. The van der Waals surface area contributed by atoms with Crippen molar-refractivity contribution in [2.24, 2.45) is 0 Å². The standard InChI is InChI=1S/C23H19BrN2O/c1-14-19(13-25)22(16-7-9-18(24)10-8-16)23-20(26-14)11-17(12-21(23)27)15-5-3-2-4-6-15/h2-10,17,22,26H,11-12H2,1H3/t17-,22+/m0/s1. The van der Waals surface area contributed by atoms with Crippen LogP contribution in [0.5, 0.6) is 0 Å². The molecule has 4 rings (SSSR count). The van der Waals surface area contributed by atoms with Gasteiger partial charge in [-0.25, -0.2) is 0 Å². The molecule has 4 heteroatoms. The predicted octanol–water partition coefficient (Wildman–Crippen LogP) is 5.33. The van der Waals surface area contributed by atoms with Gasteiger partial charge in [0.15, 0.2) is 5.78 Å². The van der Waals surface area contributed by atoms with Crippen LogP contribution in [0.2, 0.25) is 0 Å². The summed E-state index contributed by atoms with van der Waals surface area (Å²) < 4.78 is 0.979. The lowest BCUT2D eigenvalue weighted by Crippen LogP contribution is -2.33. The Balaban J connectivity index is 1.79. The summed E-state index contributed by atoms with van der Waals surface area (Å²) in [6.45, 7) is 1.92. The van der Waals surface area contributed by atoms with E-state index >= 15 is 0 Å². The molecule has 3 nitrogen and oxygen atoms in total. The van der Waals surface area contributed by atoms with Gasteiger partial charge in [0.2, 0.25) is 0 Å². The van der Waals surface area contributed by atoms with Crippen LogP contribution in [0, 0.1) is 11.3 Å². The average Bonchev–Trinajstić information content (AvgIpc) is 2.68. The molecule has 2 atom stereocenters. The lowest BCUT2D eigenvalue weighted by atomic mass is 9.72. The molecule has 0 saturated carbocycles. The Morgan fingerprint density at radius 2 is 1.74 bits per heavy atom. The maximum atomic E-state index is 13.2. The Kier molecular flexibility index (Phi) is 4.72. The second-order valence-corrected chi connectivity index (χ2v) is 8.01. The molecular weight excluding hydrogens is 400 g/mol. The van der Waals surface area contributed by atoms with Gasteiger partial charge >= 0.3 is 0 Å².